The topological polar surface area (TPSA) is 52.0 Å². The van der Waals surface area contributed by atoms with Gasteiger partial charge in [0.2, 0.25) is 0 Å². The van der Waals surface area contributed by atoms with Gasteiger partial charge in [-0.1, -0.05) is 210 Å². The quantitative estimate of drug-likeness (QED) is 0.0466. The van der Waals surface area contributed by atoms with Crippen molar-refractivity contribution in [3.05, 3.63) is 129 Å². The van der Waals surface area contributed by atoms with Gasteiger partial charge in [-0.3, -0.25) is 0 Å². The first-order valence-corrected chi connectivity index (χ1v) is 25.2. The molecule has 0 aliphatic heterocycles. The molecule has 3 atom stereocenters. The maximum atomic E-state index is 6.27. The molecule has 1 fully saturated rings. The second-order valence-electron chi connectivity index (χ2n) is 19.2. The second-order valence-corrected chi connectivity index (χ2v) is 19.2. The summed E-state index contributed by atoms with van der Waals surface area (Å²) in [5.41, 5.74) is 25.6. The number of nitrogen functional groups attached to an aromatic ring is 2. The minimum atomic E-state index is 0.394. The fourth-order valence-electron chi connectivity index (χ4n) is 11.0. The minimum Gasteiger partial charge on any atom is -0.399 e. The molecule has 4 aromatic rings. The number of benzene rings is 4. The number of rotatable bonds is 27. The number of hydrogen-bond acceptors (Lipinski definition) is 2. The molecule has 60 heavy (non-hydrogen) atoms. The van der Waals surface area contributed by atoms with Crippen LogP contribution in [0.4, 0.5) is 11.4 Å². The molecule has 1 saturated carbocycles. The van der Waals surface area contributed by atoms with Gasteiger partial charge in [-0.25, -0.2) is 0 Å². The minimum absolute atomic E-state index is 0.394. The molecule has 5 rings (SSSR count). The maximum absolute atomic E-state index is 6.27. The van der Waals surface area contributed by atoms with Crippen molar-refractivity contribution in [3.8, 4) is 0 Å². The molecule has 1 aliphatic rings. The molecule has 0 spiro atoms. The Kier molecular flexibility index (Phi) is 20.6. The van der Waals surface area contributed by atoms with Crippen LogP contribution in [-0.4, -0.2) is 0 Å². The van der Waals surface area contributed by atoms with E-state index in [1.54, 1.807) is 0 Å². The van der Waals surface area contributed by atoms with E-state index >= 15 is 0 Å². The molecule has 0 bridgehead atoms. The third-order valence-electron chi connectivity index (χ3n) is 14.7. The molecule has 328 valence electrons. The Balaban J connectivity index is 1.41. The average molecular weight is 811 g/mol. The van der Waals surface area contributed by atoms with E-state index in [1.165, 1.54) is 199 Å². The number of hydrogen-bond donors (Lipinski definition) is 2. The Morgan fingerprint density at radius 2 is 0.817 bits per heavy atom. The fourth-order valence-corrected chi connectivity index (χ4v) is 11.0. The molecule has 2 heteroatoms. The maximum Gasteiger partial charge on any atom is 0.0316 e. The summed E-state index contributed by atoms with van der Waals surface area (Å²) >= 11 is 0. The fraction of sp³-hybridized carbons (Fsp3) is 0.586. The molecule has 2 nitrogen and oxygen atoms in total. The third-order valence-corrected chi connectivity index (χ3v) is 14.7. The summed E-state index contributed by atoms with van der Waals surface area (Å²) in [7, 11) is 0. The number of nitrogens with two attached hydrogens (primary N) is 2. The Morgan fingerprint density at radius 1 is 0.433 bits per heavy atom. The van der Waals surface area contributed by atoms with Gasteiger partial charge >= 0.3 is 0 Å². The van der Waals surface area contributed by atoms with Crippen LogP contribution in [0.5, 0.6) is 0 Å². The Labute approximate surface area is 369 Å². The van der Waals surface area contributed by atoms with Gasteiger partial charge in [-0.15, -0.1) is 0 Å². The van der Waals surface area contributed by atoms with Crippen molar-refractivity contribution in [3.63, 3.8) is 0 Å². The molecule has 0 radical (unpaired) electrons. The molecule has 4 N–H and O–H groups in total. The predicted molar refractivity (Wildman–Crippen MR) is 264 cm³/mol. The van der Waals surface area contributed by atoms with Crippen molar-refractivity contribution in [1.82, 2.24) is 0 Å². The molecular weight excluding hydrogens is 725 g/mol. The molecule has 0 heterocycles. The largest absolute Gasteiger partial charge is 0.399 e. The Morgan fingerprint density at radius 3 is 1.20 bits per heavy atom. The van der Waals surface area contributed by atoms with Gasteiger partial charge in [-0.05, 0) is 120 Å². The first-order chi connectivity index (χ1) is 29.3. The average Bonchev–Trinajstić information content (AvgIpc) is 3.26. The van der Waals surface area contributed by atoms with Gasteiger partial charge in [0.15, 0.2) is 0 Å². The van der Waals surface area contributed by atoms with E-state index in [-0.39, 0.29) is 0 Å². The highest BCUT2D eigenvalue weighted by atomic mass is 14.5. The summed E-state index contributed by atoms with van der Waals surface area (Å²) in [6.45, 7) is 11.6. The first kappa shape index (κ1) is 47.5. The van der Waals surface area contributed by atoms with E-state index in [2.05, 4.69) is 120 Å². The number of aryl methyl sites for hydroxylation is 2. The summed E-state index contributed by atoms with van der Waals surface area (Å²) in [5, 5.41) is 0. The van der Waals surface area contributed by atoms with Crippen LogP contribution in [0.3, 0.4) is 0 Å². The van der Waals surface area contributed by atoms with Crippen LogP contribution in [-0.2, 0) is 0 Å². The number of anilines is 2. The van der Waals surface area contributed by atoms with Crippen molar-refractivity contribution >= 4 is 11.4 Å². The van der Waals surface area contributed by atoms with Gasteiger partial charge in [0.25, 0.3) is 0 Å². The monoisotopic (exact) mass is 811 g/mol. The van der Waals surface area contributed by atoms with Crippen LogP contribution < -0.4 is 11.5 Å². The highest BCUT2D eigenvalue weighted by Gasteiger charge is 2.26. The lowest BCUT2D eigenvalue weighted by Crippen LogP contribution is -2.18. The Hall–Kier alpha value is -3.52. The highest BCUT2D eigenvalue weighted by Crippen LogP contribution is 2.41. The van der Waals surface area contributed by atoms with E-state index in [4.69, 9.17) is 11.5 Å². The second kappa shape index (κ2) is 26.1. The van der Waals surface area contributed by atoms with Crippen molar-refractivity contribution in [2.45, 2.75) is 206 Å². The molecule has 3 unspecified atom stereocenters. The lowest BCUT2D eigenvalue weighted by atomic mass is 9.74. The lowest BCUT2D eigenvalue weighted by molar-refractivity contribution is 0.225. The van der Waals surface area contributed by atoms with Gasteiger partial charge in [0.1, 0.15) is 0 Å². The van der Waals surface area contributed by atoms with Crippen LogP contribution in [0.1, 0.15) is 237 Å². The van der Waals surface area contributed by atoms with Crippen LogP contribution in [0, 0.1) is 25.7 Å². The van der Waals surface area contributed by atoms with E-state index in [1.807, 2.05) is 0 Å². The van der Waals surface area contributed by atoms with E-state index in [9.17, 15) is 0 Å². The van der Waals surface area contributed by atoms with Crippen LogP contribution in [0.25, 0.3) is 0 Å². The highest BCUT2D eigenvalue weighted by molar-refractivity contribution is 5.50. The Bertz CT molecular complexity index is 1650. The van der Waals surface area contributed by atoms with Crippen molar-refractivity contribution < 1.29 is 0 Å². The van der Waals surface area contributed by atoms with Gasteiger partial charge in [0, 0.05) is 29.1 Å². The first-order valence-electron chi connectivity index (χ1n) is 25.2. The van der Waals surface area contributed by atoms with E-state index in [0.29, 0.717) is 17.8 Å². The molecule has 0 saturated heterocycles. The van der Waals surface area contributed by atoms with Crippen LogP contribution >= 0.6 is 0 Å². The number of unbranched alkanes of at least 4 members (excludes halogenated alkanes) is 12. The van der Waals surface area contributed by atoms with Crippen molar-refractivity contribution in [2.75, 3.05) is 11.5 Å². The van der Waals surface area contributed by atoms with E-state index in [0.717, 1.165) is 23.2 Å². The van der Waals surface area contributed by atoms with Crippen molar-refractivity contribution in [2.24, 2.45) is 11.8 Å². The zero-order valence-electron chi connectivity index (χ0n) is 39.1. The van der Waals surface area contributed by atoms with E-state index < -0.39 is 0 Å². The van der Waals surface area contributed by atoms with Crippen LogP contribution in [0.15, 0.2) is 84.9 Å². The SMILES string of the molecule is CCCCCCCCCC(c1ccc(C(CCC(CC)C2CCCCC2)c2ccc(C(CCCCCCCCC)c3ccc(N)cc3C)cc2)cc1)c1ccc(N)cc1C. The van der Waals surface area contributed by atoms with Gasteiger partial charge < -0.3 is 11.5 Å². The summed E-state index contributed by atoms with van der Waals surface area (Å²) in [6, 6.07) is 33.1. The van der Waals surface area contributed by atoms with Crippen LogP contribution in [0.2, 0.25) is 0 Å². The molecule has 1 aliphatic carbocycles. The summed E-state index contributed by atoms with van der Waals surface area (Å²) < 4.78 is 0. The normalized spacial score (nSPS) is 15.5. The standard InChI is InChI=1S/C58H86N2/c1-6-9-11-13-15-17-22-26-57(54-40-37-52(59)42-44(54)4)50-32-28-48(29-33-50)56(39-36-46(8-3)47-24-20-19-21-25-47)49-30-34-51(35-31-49)58(27-23-18-16-14-12-10-7-2)55-41-38-53(60)43-45(55)5/h28-35,37-38,40-43,46-47,56-58H,6-27,36,39,59-60H2,1-5H3. The molecular formula is C58H86N2. The molecule has 0 aromatic heterocycles. The molecule has 4 aromatic carbocycles. The molecule has 0 amide bonds. The lowest BCUT2D eigenvalue weighted by Gasteiger charge is -2.31. The zero-order chi connectivity index (χ0) is 42.5. The zero-order valence-corrected chi connectivity index (χ0v) is 39.1. The third kappa shape index (κ3) is 14.6. The van der Waals surface area contributed by atoms with Gasteiger partial charge in [0.05, 0.1) is 0 Å². The smallest absolute Gasteiger partial charge is 0.0316 e. The predicted octanol–water partition coefficient (Wildman–Crippen LogP) is 17.5. The summed E-state index contributed by atoms with van der Waals surface area (Å²) in [5.74, 6) is 2.92. The summed E-state index contributed by atoms with van der Waals surface area (Å²) in [4.78, 5) is 0. The summed E-state index contributed by atoms with van der Waals surface area (Å²) in [6.07, 6.45) is 32.1. The van der Waals surface area contributed by atoms with Crippen molar-refractivity contribution in [1.29, 1.82) is 0 Å². The van der Waals surface area contributed by atoms with Gasteiger partial charge in [-0.2, -0.15) is 0 Å².